The van der Waals surface area contributed by atoms with E-state index in [2.05, 4.69) is 11.8 Å². The molecule has 2 amide bonds. The van der Waals surface area contributed by atoms with E-state index in [1.807, 2.05) is 6.07 Å². The number of amides is 2. The zero-order chi connectivity index (χ0) is 14.4. The molecule has 20 heavy (non-hydrogen) atoms. The number of hydrogen-bond donors (Lipinski definition) is 1. The highest BCUT2D eigenvalue weighted by Crippen LogP contribution is 2.22. The van der Waals surface area contributed by atoms with Crippen LogP contribution in [0.5, 0.6) is 0 Å². The van der Waals surface area contributed by atoms with Gasteiger partial charge in [-0.25, -0.2) is 0 Å². The maximum atomic E-state index is 12.0. The molecule has 1 saturated heterocycles. The van der Waals surface area contributed by atoms with Gasteiger partial charge in [0.15, 0.2) is 0 Å². The van der Waals surface area contributed by atoms with Gasteiger partial charge in [-0.3, -0.25) is 14.5 Å². The predicted molar refractivity (Wildman–Crippen MR) is 76.0 cm³/mol. The van der Waals surface area contributed by atoms with Crippen LogP contribution in [0.2, 0.25) is 0 Å². The lowest BCUT2D eigenvalue weighted by Gasteiger charge is -2.18. The first kappa shape index (κ1) is 14.3. The van der Waals surface area contributed by atoms with E-state index in [0.717, 1.165) is 18.4 Å². The number of aliphatic hydroxyl groups is 1. The fraction of sp³-hybridized carbons (Fsp3) is 0.375. The Labute approximate surface area is 118 Å². The number of nitrogens with zero attached hydrogens (tertiary/aromatic N) is 1. The molecule has 1 aromatic rings. The molecule has 0 saturated carbocycles. The van der Waals surface area contributed by atoms with Crippen molar-refractivity contribution in [3.8, 4) is 11.8 Å². The van der Waals surface area contributed by atoms with E-state index >= 15 is 0 Å². The van der Waals surface area contributed by atoms with Gasteiger partial charge in [-0.15, -0.1) is 0 Å². The van der Waals surface area contributed by atoms with Crippen LogP contribution >= 0.6 is 0 Å². The van der Waals surface area contributed by atoms with E-state index in [1.54, 1.807) is 18.2 Å². The van der Waals surface area contributed by atoms with Gasteiger partial charge in [-0.1, -0.05) is 17.9 Å². The molecule has 0 radical (unpaired) electrons. The van der Waals surface area contributed by atoms with Crippen molar-refractivity contribution in [1.82, 2.24) is 0 Å². The summed E-state index contributed by atoms with van der Waals surface area (Å²) in [5, 5.41) is 8.70. The Kier molecular flexibility index (Phi) is 4.91. The van der Waals surface area contributed by atoms with Gasteiger partial charge in [-0.05, 0) is 31.0 Å². The third-order valence-electron chi connectivity index (χ3n) is 3.10. The maximum Gasteiger partial charge on any atom is 0.233 e. The third kappa shape index (κ3) is 3.46. The number of rotatable bonds is 2. The fourth-order valence-corrected chi connectivity index (χ4v) is 2.15. The fourth-order valence-electron chi connectivity index (χ4n) is 2.15. The number of imide groups is 1. The van der Waals surface area contributed by atoms with E-state index in [9.17, 15) is 9.59 Å². The van der Waals surface area contributed by atoms with Crippen molar-refractivity contribution in [2.75, 3.05) is 11.5 Å². The molecule has 4 heteroatoms. The van der Waals surface area contributed by atoms with Crippen LogP contribution in [0.15, 0.2) is 24.3 Å². The number of benzene rings is 1. The van der Waals surface area contributed by atoms with E-state index < -0.39 is 0 Å². The molecule has 0 spiro atoms. The first-order chi connectivity index (χ1) is 9.72. The van der Waals surface area contributed by atoms with Crippen LogP contribution in [0.4, 0.5) is 5.69 Å². The summed E-state index contributed by atoms with van der Waals surface area (Å²) in [6.45, 7) is 0.0236. The molecular formula is C16H17NO3. The van der Waals surface area contributed by atoms with E-state index in [4.69, 9.17) is 5.11 Å². The third-order valence-corrected chi connectivity index (χ3v) is 3.10. The van der Waals surface area contributed by atoms with Gasteiger partial charge in [0.2, 0.25) is 11.8 Å². The first-order valence-electron chi connectivity index (χ1n) is 6.78. The van der Waals surface area contributed by atoms with Crippen LogP contribution in [0.3, 0.4) is 0 Å². The topological polar surface area (TPSA) is 57.6 Å². The minimum absolute atomic E-state index is 0.0236. The predicted octanol–water partition coefficient (Wildman–Crippen LogP) is 1.85. The molecule has 1 aliphatic heterocycles. The molecule has 1 aromatic carbocycles. The van der Waals surface area contributed by atoms with Gasteiger partial charge in [0.05, 0.1) is 12.3 Å². The Bertz CT molecular complexity index is 551. The summed E-state index contributed by atoms with van der Waals surface area (Å²) >= 11 is 0. The Hall–Kier alpha value is -2.12. The lowest BCUT2D eigenvalue weighted by atomic mass is 10.1. The lowest BCUT2D eigenvalue weighted by Crippen LogP contribution is -2.35. The van der Waals surface area contributed by atoms with Gasteiger partial charge >= 0.3 is 0 Å². The summed E-state index contributed by atoms with van der Waals surface area (Å²) in [5.74, 6) is 5.45. The van der Waals surface area contributed by atoms with E-state index in [-0.39, 0.29) is 18.4 Å². The van der Waals surface area contributed by atoms with Crippen molar-refractivity contribution in [1.29, 1.82) is 0 Å². The average Bonchev–Trinajstić information content (AvgIpc) is 2.60. The van der Waals surface area contributed by atoms with Crippen molar-refractivity contribution < 1.29 is 14.7 Å². The van der Waals surface area contributed by atoms with E-state index in [0.29, 0.717) is 24.9 Å². The highest BCUT2D eigenvalue weighted by Gasteiger charge is 2.25. The molecule has 1 heterocycles. The number of carbonyl (C=O) groups excluding carboxylic acids is 2. The molecule has 0 unspecified atom stereocenters. The second-order valence-electron chi connectivity index (χ2n) is 4.66. The van der Waals surface area contributed by atoms with Crippen molar-refractivity contribution in [3.63, 3.8) is 0 Å². The molecule has 0 aromatic heterocycles. The SMILES string of the molecule is O=C1CCCCC(=O)N1c1cccc(C#CCCO)c1. The summed E-state index contributed by atoms with van der Waals surface area (Å²) in [6.07, 6.45) is 2.75. The molecule has 104 valence electrons. The van der Waals surface area contributed by atoms with Gasteiger partial charge < -0.3 is 5.11 Å². The Balaban J connectivity index is 2.27. The molecule has 1 fully saturated rings. The summed E-state index contributed by atoms with van der Waals surface area (Å²) in [6, 6.07) is 7.09. The average molecular weight is 271 g/mol. The number of aliphatic hydroxyl groups excluding tert-OH is 1. The van der Waals surface area contributed by atoms with Gasteiger partial charge in [0.25, 0.3) is 0 Å². The summed E-state index contributed by atoms with van der Waals surface area (Å²) in [5.41, 5.74) is 1.32. The summed E-state index contributed by atoms with van der Waals surface area (Å²) < 4.78 is 0. The maximum absolute atomic E-state index is 12.0. The number of carbonyl (C=O) groups is 2. The molecule has 1 aliphatic rings. The van der Waals surface area contributed by atoms with Crippen molar-refractivity contribution in [3.05, 3.63) is 29.8 Å². The summed E-state index contributed by atoms with van der Waals surface area (Å²) in [7, 11) is 0. The smallest absolute Gasteiger partial charge is 0.233 e. The lowest BCUT2D eigenvalue weighted by molar-refractivity contribution is -0.125. The van der Waals surface area contributed by atoms with Crippen molar-refractivity contribution >= 4 is 17.5 Å². The highest BCUT2D eigenvalue weighted by atomic mass is 16.2. The molecule has 4 nitrogen and oxygen atoms in total. The molecule has 1 N–H and O–H groups in total. The van der Waals surface area contributed by atoms with Crippen LogP contribution in [0.1, 0.15) is 37.7 Å². The largest absolute Gasteiger partial charge is 0.395 e. The zero-order valence-electron chi connectivity index (χ0n) is 11.3. The quantitative estimate of drug-likeness (QED) is 0.659. The molecule has 0 atom stereocenters. The normalized spacial score (nSPS) is 15.6. The van der Waals surface area contributed by atoms with Crippen LogP contribution in [-0.2, 0) is 9.59 Å². The Morgan fingerprint density at radius 2 is 1.85 bits per heavy atom. The Morgan fingerprint density at radius 1 is 1.15 bits per heavy atom. The summed E-state index contributed by atoms with van der Waals surface area (Å²) in [4.78, 5) is 25.3. The van der Waals surface area contributed by atoms with Crippen molar-refractivity contribution in [2.24, 2.45) is 0 Å². The van der Waals surface area contributed by atoms with Crippen LogP contribution in [0, 0.1) is 11.8 Å². The van der Waals surface area contributed by atoms with E-state index in [1.165, 1.54) is 4.90 Å². The minimum Gasteiger partial charge on any atom is -0.395 e. The van der Waals surface area contributed by atoms with Crippen LogP contribution < -0.4 is 4.90 Å². The van der Waals surface area contributed by atoms with Gasteiger partial charge in [-0.2, -0.15) is 0 Å². The standard InChI is InChI=1S/C16H17NO3/c18-11-4-3-6-13-7-5-8-14(12-13)17-15(19)9-1-2-10-16(17)20/h5,7-8,12,18H,1-2,4,9-11H2. The number of hydrogen-bond acceptors (Lipinski definition) is 3. The van der Waals surface area contributed by atoms with Gasteiger partial charge in [0.1, 0.15) is 0 Å². The van der Waals surface area contributed by atoms with Crippen LogP contribution in [-0.4, -0.2) is 23.5 Å². The molecular weight excluding hydrogens is 254 g/mol. The zero-order valence-corrected chi connectivity index (χ0v) is 11.3. The highest BCUT2D eigenvalue weighted by molar-refractivity contribution is 6.15. The number of anilines is 1. The Morgan fingerprint density at radius 3 is 2.50 bits per heavy atom. The van der Waals surface area contributed by atoms with Crippen LogP contribution in [0.25, 0.3) is 0 Å². The monoisotopic (exact) mass is 271 g/mol. The molecule has 0 aliphatic carbocycles. The first-order valence-corrected chi connectivity index (χ1v) is 6.78. The second-order valence-corrected chi connectivity index (χ2v) is 4.66. The van der Waals surface area contributed by atoms with Crippen molar-refractivity contribution in [2.45, 2.75) is 32.1 Å². The minimum atomic E-state index is -0.145. The molecule has 0 bridgehead atoms. The van der Waals surface area contributed by atoms with Gasteiger partial charge in [0, 0.05) is 24.8 Å². The second kappa shape index (κ2) is 6.88. The molecule has 2 rings (SSSR count).